The summed E-state index contributed by atoms with van der Waals surface area (Å²) in [7, 11) is 1.83. The molecule has 1 aliphatic rings. The molecule has 1 fully saturated rings. The Morgan fingerprint density at radius 3 is 2.40 bits per heavy atom. The minimum absolute atomic E-state index is 0.0806. The van der Waals surface area contributed by atoms with Crippen LogP contribution < -0.4 is 4.90 Å². The minimum Gasteiger partial charge on any atom is -0.366 e. The molecule has 0 saturated carbocycles. The number of para-hydroxylation sites is 1. The first-order valence-electron chi connectivity index (χ1n) is 10.1. The number of halogens is 2. The normalized spacial score (nSPS) is 14.2. The van der Waals surface area contributed by atoms with Gasteiger partial charge in [-0.25, -0.2) is 8.78 Å². The summed E-state index contributed by atoms with van der Waals surface area (Å²) in [6.45, 7) is 2.37. The number of rotatable bonds is 5. The Hall–Kier alpha value is -3.22. The van der Waals surface area contributed by atoms with Gasteiger partial charge in [0.1, 0.15) is 11.6 Å². The Labute approximate surface area is 174 Å². The molecule has 3 aromatic rings. The van der Waals surface area contributed by atoms with Gasteiger partial charge in [0.05, 0.1) is 11.4 Å². The number of hydrogen-bond acceptors (Lipinski definition) is 3. The fourth-order valence-corrected chi connectivity index (χ4v) is 3.88. The summed E-state index contributed by atoms with van der Waals surface area (Å²) in [5, 5.41) is 4.48. The zero-order valence-electron chi connectivity index (χ0n) is 16.9. The van der Waals surface area contributed by atoms with Crippen molar-refractivity contribution in [2.24, 2.45) is 7.05 Å². The van der Waals surface area contributed by atoms with Gasteiger partial charge in [0.15, 0.2) is 0 Å². The van der Waals surface area contributed by atoms with Crippen molar-refractivity contribution in [2.45, 2.75) is 12.8 Å². The molecular weight excluding hydrogens is 386 g/mol. The third-order valence-corrected chi connectivity index (χ3v) is 5.46. The maximum atomic E-state index is 14.0. The average molecular weight is 410 g/mol. The number of hydrogen-bond donors (Lipinski definition) is 0. The second kappa shape index (κ2) is 8.65. The van der Waals surface area contributed by atoms with Crippen LogP contribution in [0.5, 0.6) is 0 Å². The minimum atomic E-state index is -0.291. The maximum absolute atomic E-state index is 14.0. The lowest BCUT2D eigenvalue weighted by Gasteiger charge is -2.36. The largest absolute Gasteiger partial charge is 0.366 e. The number of nitrogens with zero attached hydrogens (tertiary/aromatic N) is 4. The molecule has 30 heavy (non-hydrogen) atoms. The molecule has 2 aromatic carbocycles. The van der Waals surface area contributed by atoms with E-state index < -0.39 is 0 Å². The highest BCUT2D eigenvalue weighted by Gasteiger charge is 2.23. The summed E-state index contributed by atoms with van der Waals surface area (Å²) in [6, 6.07) is 12.9. The molecule has 0 radical (unpaired) electrons. The Morgan fingerprint density at radius 2 is 1.70 bits per heavy atom. The van der Waals surface area contributed by atoms with Crippen LogP contribution in [0.1, 0.15) is 12.0 Å². The highest BCUT2D eigenvalue weighted by atomic mass is 19.1. The Balaban J connectivity index is 1.36. The Kier molecular flexibility index (Phi) is 5.79. The quantitative estimate of drug-likeness (QED) is 0.645. The molecule has 0 unspecified atom stereocenters. The van der Waals surface area contributed by atoms with Crippen LogP contribution in [0, 0.1) is 11.6 Å². The van der Waals surface area contributed by atoms with Gasteiger partial charge in [0.2, 0.25) is 5.91 Å². The van der Waals surface area contributed by atoms with Crippen LogP contribution >= 0.6 is 0 Å². The van der Waals surface area contributed by atoms with Crippen molar-refractivity contribution in [2.75, 3.05) is 31.1 Å². The summed E-state index contributed by atoms with van der Waals surface area (Å²) in [6.07, 6.45) is 2.84. The van der Waals surface area contributed by atoms with E-state index in [-0.39, 0.29) is 17.5 Å². The number of carbonyl (C=O) groups is 1. The fraction of sp³-hybridized carbons (Fsp3) is 0.304. The molecule has 0 aliphatic carbocycles. The molecule has 7 heteroatoms. The Morgan fingerprint density at radius 1 is 1.00 bits per heavy atom. The van der Waals surface area contributed by atoms with E-state index in [0.717, 1.165) is 16.8 Å². The lowest BCUT2D eigenvalue weighted by Crippen LogP contribution is -2.49. The van der Waals surface area contributed by atoms with Crippen molar-refractivity contribution in [1.29, 1.82) is 0 Å². The molecule has 0 spiro atoms. The van der Waals surface area contributed by atoms with E-state index in [1.165, 1.54) is 18.2 Å². The molecule has 156 valence electrons. The number of aromatic nitrogens is 2. The second-order valence-electron chi connectivity index (χ2n) is 7.50. The molecule has 1 aliphatic heterocycles. The number of aryl methyl sites for hydroxylation is 2. The molecule has 5 nitrogen and oxygen atoms in total. The average Bonchev–Trinajstić information content (AvgIpc) is 3.13. The van der Waals surface area contributed by atoms with Gasteiger partial charge in [0.25, 0.3) is 0 Å². The molecule has 2 heterocycles. The van der Waals surface area contributed by atoms with Gasteiger partial charge < -0.3 is 9.80 Å². The molecule has 0 atom stereocenters. The van der Waals surface area contributed by atoms with Crippen LogP contribution in [-0.2, 0) is 18.3 Å². The van der Waals surface area contributed by atoms with E-state index in [1.54, 1.807) is 28.9 Å². The highest BCUT2D eigenvalue weighted by Crippen LogP contribution is 2.24. The van der Waals surface area contributed by atoms with Crippen molar-refractivity contribution >= 4 is 11.6 Å². The third-order valence-electron chi connectivity index (χ3n) is 5.46. The van der Waals surface area contributed by atoms with Gasteiger partial charge in [-0.2, -0.15) is 5.10 Å². The zero-order chi connectivity index (χ0) is 21.1. The van der Waals surface area contributed by atoms with E-state index in [2.05, 4.69) is 5.10 Å². The van der Waals surface area contributed by atoms with Crippen LogP contribution in [-0.4, -0.2) is 46.8 Å². The molecular formula is C23H24F2N4O. The molecule has 0 N–H and O–H groups in total. The van der Waals surface area contributed by atoms with Gasteiger partial charge in [-0.05, 0) is 48.4 Å². The number of carbonyl (C=O) groups excluding carboxylic acids is 1. The smallest absolute Gasteiger partial charge is 0.223 e. The van der Waals surface area contributed by atoms with Crippen LogP contribution in [0.25, 0.3) is 11.3 Å². The van der Waals surface area contributed by atoms with Crippen molar-refractivity contribution in [3.8, 4) is 11.3 Å². The maximum Gasteiger partial charge on any atom is 0.223 e. The van der Waals surface area contributed by atoms with Crippen molar-refractivity contribution < 1.29 is 13.6 Å². The van der Waals surface area contributed by atoms with Gasteiger partial charge >= 0.3 is 0 Å². The van der Waals surface area contributed by atoms with E-state index in [1.807, 2.05) is 29.1 Å². The summed E-state index contributed by atoms with van der Waals surface area (Å²) < 4.78 is 28.9. The summed E-state index contributed by atoms with van der Waals surface area (Å²) in [5.41, 5.74) is 3.15. The summed E-state index contributed by atoms with van der Waals surface area (Å²) in [5.74, 6) is -0.444. The molecule has 1 amide bonds. The first-order valence-corrected chi connectivity index (χ1v) is 10.1. The van der Waals surface area contributed by atoms with Crippen LogP contribution in [0.3, 0.4) is 0 Å². The second-order valence-corrected chi connectivity index (χ2v) is 7.50. The lowest BCUT2D eigenvalue weighted by molar-refractivity contribution is -0.131. The first-order chi connectivity index (χ1) is 14.5. The molecule has 1 saturated heterocycles. The van der Waals surface area contributed by atoms with Crippen molar-refractivity contribution in [3.63, 3.8) is 0 Å². The van der Waals surface area contributed by atoms with E-state index in [9.17, 15) is 13.6 Å². The van der Waals surface area contributed by atoms with Crippen molar-refractivity contribution in [3.05, 3.63) is 71.9 Å². The molecule has 1 aromatic heterocycles. The van der Waals surface area contributed by atoms with Crippen LogP contribution in [0.2, 0.25) is 0 Å². The number of anilines is 1. The van der Waals surface area contributed by atoms with Gasteiger partial charge in [-0.3, -0.25) is 9.48 Å². The SMILES string of the molecule is Cn1cc(CCC(=O)N2CCN(c3ccccc3F)CC2)c(-c2ccc(F)cc2)n1. The van der Waals surface area contributed by atoms with E-state index >= 15 is 0 Å². The topological polar surface area (TPSA) is 41.4 Å². The Bertz CT molecular complexity index is 1020. The van der Waals surface area contributed by atoms with Gasteiger partial charge in [-0.15, -0.1) is 0 Å². The number of benzene rings is 2. The fourth-order valence-electron chi connectivity index (χ4n) is 3.88. The third kappa shape index (κ3) is 4.35. The van der Waals surface area contributed by atoms with Crippen LogP contribution in [0.15, 0.2) is 54.7 Å². The monoisotopic (exact) mass is 410 g/mol. The zero-order valence-corrected chi connectivity index (χ0v) is 16.9. The van der Waals surface area contributed by atoms with Crippen LogP contribution in [0.4, 0.5) is 14.5 Å². The van der Waals surface area contributed by atoms with Gasteiger partial charge in [-0.1, -0.05) is 12.1 Å². The predicted molar refractivity (Wildman–Crippen MR) is 112 cm³/mol. The van der Waals surface area contributed by atoms with E-state index in [4.69, 9.17) is 0 Å². The lowest BCUT2D eigenvalue weighted by atomic mass is 10.0. The number of piperazine rings is 1. The standard InChI is InChI=1S/C23H24F2N4O/c1-27-16-18(23(26-27)17-6-9-19(24)10-7-17)8-11-22(30)29-14-12-28(13-15-29)21-5-3-2-4-20(21)25/h2-7,9-10,16H,8,11-15H2,1H3. The highest BCUT2D eigenvalue weighted by molar-refractivity contribution is 5.77. The van der Waals surface area contributed by atoms with E-state index in [0.29, 0.717) is 44.7 Å². The number of amides is 1. The predicted octanol–water partition coefficient (Wildman–Crippen LogP) is 3.65. The molecule has 0 bridgehead atoms. The first kappa shape index (κ1) is 20.1. The summed E-state index contributed by atoms with van der Waals surface area (Å²) in [4.78, 5) is 16.6. The molecule has 4 rings (SSSR count). The van der Waals surface area contributed by atoms with Crippen molar-refractivity contribution in [1.82, 2.24) is 14.7 Å². The van der Waals surface area contributed by atoms with Gasteiger partial charge in [0, 0.05) is 51.4 Å². The summed E-state index contributed by atoms with van der Waals surface area (Å²) >= 11 is 0.